The van der Waals surface area contributed by atoms with Gasteiger partial charge in [0.05, 0.1) is 5.75 Å². The van der Waals surface area contributed by atoms with Gasteiger partial charge in [-0.15, -0.1) is 0 Å². The number of rotatable bonds is 5. The van der Waals surface area contributed by atoms with Crippen LogP contribution in [-0.2, 0) is 11.2 Å². The van der Waals surface area contributed by atoms with Crippen LogP contribution in [0.25, 0.3) is 11.4 Å². The molecule has 31 heavy (non-hydrogen) atoms. The normalized spacial score (nSPS) is 19.6. The third kappa shape index (κ3) is 5.45. The lowest BCUT2D eigenvalue weighted by Crippen LogP contribution is -2.39. The number of nitrogens with zero attached hydrogens (tertiary/aromatic N) is 5. The molecule has 0 spiro atoms. The Kier molecular flexibility index (Phi) is 6.32. The maximum absolute atomic E-state index is 5.48. The summed E-state index contributed by atoms with van der Waals surface area (Å²) in [5, 5.41) is 5.08. The van der Waals surface area contributed by atoms with E-state index in [1.165, 1.54) is 12.0 Å². The third-order valence-electron chi connectivity index (χ3n) is 5.64. The zero-order chi connectivity index (χ0) is 22.0. The number of thioether (sulfide) groups is 1. The van der Waals surface area contributed by atoms with Crippen molar-refractivity contribution in [1.29, 1.82) is 0 Å². The van der Waals surface area contributed by atoms with E-state index in [0.29, 0.717) is 29.3 Å². The second-order valence-electron chi connectivity index (χ2n) is 9.69. The molecule has 1 aliphatic heterocycles. The van der Waals surface area contributed by atoms with Gasteiger partial charge < -0.3 is 9.42 Å². The van der Waals surface area contributed by atoms with E-state index in [9.17, 15) is 0 Å². The molecular formula is C24H31N5OS. The van der Waals surface area contributed by atoms with Gasteiger partial charge in [0, 0.05) is 24.7 Å². The molecule has 0 radical (unpaired) electrons. The van der Waals surface area contributed by atoms with Crippen molar-refractivity contribution in [3.8, 4) is 11.4 Å². The van der Waals surface area contributed by atoms with E-state index in [0.717, 1.165) is 29.5 Å². The molecule has 3 heterocycles. The van der Waals surface area contributed by atoms with E-state index in [1.54, 1.807) is 18.1 Å². The molecule has 2 unspecified atom stereocenters. The molecule has 1 saturated heterocycles. The van der Waals surface area contributed by atoms with Crippen LogP contribution in [0.3, 0.4) is 0 Å². The highest BCUT2D eigenvalue weighted by atomic mass is 32.2. The summed E-state index contributed by atoms with van der Waals surface area (Å²) in [5.74, 6) is 4.17. The van der Waals surface area contributed by atoms with Crippen molar-refractivity contribution in [3.05, 3.63) is 48.1 Å². The van der Waals surface area contributed by atoms with E-state index < -0.39 is 0 Å². The van der Waals surface area contributed by atoms with Crippen molar-refractivity contribution in [1.82, 2.24) is 20.1 Å². The molecule has 7 heteroatoms. The summed E-state index contributed by atoms with van der Waals surface area (Å²) in [6.45, 7) is 13.3. The molecule has 2 aromatic heterocycles. The van der Waals surface area contributed by atoms with Crippen molar-refractivity contribution in [2.75, 3.05) is 18.0 Å². The Balaban J connectivity index is 1.40. The lowest BCUT2D eigenvalue weighted by molar-refractivity contribution is 0.355. The molecule has 6 nitrogen and oxygen atoms in total. The lowest BCUT2D eigenvalue weighted by atomic mass is 9.87. The first-order valence-electron chi connectivity index (χ1n) is 10.9. The predicted octanol–water partition coefficient (Wildman–Crippen LogP) is 5.60. The van der Waals surface area contributed by atoms with Crippen molar-refractivity contribution in [2.45, 2.75) is 57.2 Å². The van der Waals surface area contributed by atoms with Crippen LogP contribution in [0.1, 0.15) is 52.5 Å². The van der Waals surface area contributed by atoms with Gasteiger partial charge in [-0.2, -0.15) is 4.98 Å². The van der Waals surface area contributed by atoms with Gasteiger partial charge in [-0.3, -0.25) is 0 Å². The number of hydrogen-bond donors (Lipinski definition) is 0. The second kappa shape index (κ2) is 8.99. The van der Waals surface area contributed by atoms with Gasteiger partial charge in [0.25, 0.3) is 0 Å². The summed E-state index contributed by atoms with van der Waals surface area (Å²) in [6, 6.07) is 10.4. The molecule has 0 saturated carbocycles. The molecule has 0 aliphatic carbocycles. The van der Waals surface area contributed by atoms with Crippen LogP contribution in [0.5, 0.6) is 0 Å². The molecule has 4 rings (SSSR count). The SMILES string of the molecule is CC1CC(C)CN(c2cc(SCc3nc(-c4ccc(C(C)(C)C)cc4)no3)ncn2)C1. The first-order valence-corrected chi connectivity index (χ1v) is 11.9. The van der Waals surface area contributed by atoms with Crippen LogP contribution in [0.15, 0.2) is 46.2 Å². The molecule has 164 valence electrons. The highest BCUT2D eigenvalue weighted by molar-refractivity contribution is 7.98. The molecule has 2 atom stereocenters. The first kappa shape index (κ1) is 21.8. The average molecular weight is 438 g/mol. The van der Waals surface area contributed by atoms with Crippen LogP contribution in [0.4, 0.5) is 5.82 Å². The van der Waals surface area contributed by atoms with Crippen molar-refractivity contribution < 1.29 is 4.52 Å². The quantitative estimate of drug-likeness (QED) is 0.380. The molecule has 0 amide bonds. The smallest absolute Gasteiger partial charge is 0.237 e. The summed E-state index contributed by atoms with van der Waals surface area (Å²) < 4.78 is 5.48. The predicted molar refractivity (Wildman–Crippen MR) is 125 cm³/mol. The van der Waals surface area contributed by atoms with Gasteiger partial charge >= 0.3 is 0 Å². The van der Waals surface area contributed by atoms with E-state index in [2.05, 4.69) is 90.0 Å². The summed E-state index contributed by atoms with van der Waals surface area (Å²) in [4.78, 5) is 15.9. The zero-order valence-corrected chi connectivity index (χ0v) is 19.8. The molecule has 0 bridgehead atoms. The fourth-order valence-corrected chi connectivity index (χ4v) is 4.82. The number of anilines is 1. The van der Waals surface area contributed by atoms with Gasteiger partial charge in [0.15, 0.2) is 0 Å². The van der Waals surface area contributed by atoms with Crippen LogP contribution in [0.2, 0.25) is 0 Å². The molecule has 1 aliphatic rings. The largest absolute Gasteiger partial charge is 0.356 e. The topological polar surface area (TPSA) is 67.9 Å². The van der Waals surface area contributed by atoms with Gasteiger partial charge in [0.1, 0.15) is 17.2 Å². The molecule has 1 aromatic carbocycles. The lowest BCUT2D eigenvalue weighted by Gasteiger charge is -2.35. The Bertz CT molecular complexity index is 1000. The van der Waals surface area contributed by atoms with E-state index in [1.807, 2.05) is 0 Å². The number of hydrogen-bond acceptors (Lipinski definition) is 7. The summed E-state index contributed by atoms with van der Waals surface area (Å²) in [6.07, 6.45) is 2.93. The van der Waals surface area contributed by atoms with Crippen LogP contribution < -0.4 is 4.90 Å². The number of benzene rings is 1. The van der Waals surface area contributed by atoms with Gasteiger partial charge in [-0.25, -0.2) is 9.97 Å². The number of aromatic nitrogens is 4. The monoisotopic (exact) mass is 437 g/mol. The Morgan fingerprint density at radius 1 is 1.06 bits per heavy atom. The standard InChI is InChI=1S/C24H31N5OS/c1-16-10-17(2)13-29(12-16)20-11-22(26-15-25-20)31-14-21-27-23(28-30-21)18-6-8-19(9-7-18)24(3,4)5/h6-9,11,15-17H,10,12-14H2,1-5H3. The fraction of sp³-hybridized carbons (Fsp3) is 0.500. The summed E-state index contributed by atoms with van der Waals surface area (Å²) in [5.41, 5.74) is 2.37. The highest BCUT2D eigenvalue weighted by Gasteiger charge is 2.23. The highest BCUT2D eigenvalue weighted by Crippen LogP contribution is 2.29. The Morgan fingerprint density at radius 2 is 1.77 bits per heavy atom. The van der Waals surface area contributed by atoms with Gasteiger partial charge in [-0.1, -0.05) is 75.8 Å². The van der Waals surface area contributed by atoms with Crippen LogP contribution >= 0.6 is 11.8 Å². The zero-order valence-electron chi connectivity index (χ0n) is 19.0. The van der Waals surface area contributed by atoms with Gasteiger partial charge in [0.2, 0.25) is 11.7 Å². The van der Waals surface area contributed by atoms with Crippen molar-refractivity contribution in [2.24, 2.45) is 11.8 Å². The average Bonchev–Trinajstić information content (AvgIpc) is 3.20. The van der Waals surface area contributed by atoms with Gasteiger partial charge in [-0.05, 0) is 29.2 Å². The summed E-state index contributed by atoms with van der Waals surface area (Å²) >= 11 is 1.59. The molecular weight excluding hydrogens is 406 g/mol. The Hall–Kier alpha value is -2.41. The minimum absolute atomic E-state index is 0.123. The minimum atomic E-state index is 0.123. The number of piperidine rings is 1. The molecule has 1 fully saturated rings. The van der Waals surface area contributed by atoms with E-state index in [4.69, 9.17) is 4.52 Å². The Labute approximate surface area is 188 Å². The summed E-state index contributed by atoms with van der Waals surface area (Å²) in [7, 11) is 0. The second-order valence-corrected chi connectivity index (χ2v) is 10.7. The van der Waals surface area contributed by atoms with Crippen LogP contribution in [-0.4, -0.2) is 33.2 Å². The van der Waals surface area contributed by atoms with Crippen molar-refractivity contribution >= 4 is 17.6 Å². The third-order valence-corrected chi connectivity index (χ3v) is 6.55. The van der Waals surface area contributed by atoms with E-state index in [-0.39, 0.29) is 5.41 Å². The fourth-order valence-electron chi connectivity index (χ4n) is 4.12. The minimum Gasteiger partial charge on any atom is -0.356 e. The first-order chi connectivity index (χ1) is 14.8. The van der Waals surface area contributed by atoms with Crippen molar-refractivity contribution in [3.63, 3.8) is 0 Å². The van der Waals surface area contributed by atoms with E-state index >= 15 is 0 Å². The maximum Gasteiger partial charge on any atom is 0.237 e. The molecule has 3 aromatic rings. The Morgan fingerprint density at radius 3 is 2.45 bits per heavy atom. The maximum atomic E-state index is 5.48. The van der Waals surface area contributed by atoms with Crippen LogP contribution in [0, 0.1) is 11.8 Å². The molecule has 0 N–H and O–H groups in total.